The number of carbonyl (C=O) groups excluding carboxylic acids is 1. The maximum absolute atomic E-state index is 9.17. The van der Waals surface area contributed by atoms with E-state index >= 15 is 0 Å². The SMILES string of the molecule is C.C.CCC=O. The van der Waals surface area contributed by atoms with Crippen LogP contribution in [0.2, 0.25) is 0 Å². The van der Waals surface area contributed by atoms with Crippen molar-refractivity contribution in [3.63, 3.8) is 0 Å². The summed E-state index contributed by atoms with van der Waals surface area (Å²) in [5.41, 5.74) is 0. The fourth-order valence-corrected chi connectivity index (χ4v) is 0. The summed E-state index contributed by atoms with van der Waals surface area (Å²) in [4.78, 5) is 9.17. The highest BCUT2D eigenvalue weighted by Gasteiger charge is 1.52. The molecule has 0 fully saturated rings. The average Bonchev–Trinajstić information content (AvgIpc) is 1.37. The maximum Gasteiger partial charge on any atom is 0.119 e. The number of rotatable bonds is 1. The molecule has 0 aromatic rings. The summed E-state index contributed by atoms with van der Waals surface area (Å²) in [6.45, 7) is 1.81. The molecule has 0 aromatic carbocycles. The van der Waals surface area contributed by atoms with Crippen molar-refractivity contribution in [3.8, 4) is 0 Å². The van der Waals surface area contributed by atoms with Gasteiger partial charge in [-0.05, 0) is 0 Å². The first-order valence-electron chi connectivity index (χ1n) is 1.35. The highest BCUT2D eigenvalue weighted by atomic mass is 16.1. The smallest absolute Gasteiger partial charge is 0.119 e. The Kier molecular flexibility index (Phi) is 65.2. The third-order valence-electron chi connectivity index (χ3n) is 0.167. The van der Waals surface area contributed by atoms with Gasteiger partial charge < -0.3 is 4.79 Å². The first-order valence-corrected chi connectivity index (χ1v) is 1.35. The third kappa shape index (κ3) is 58.3. The normalized spacial score (nSPS) is 4.17. The predicted molar refractivity (Wildman–Crippen MR) is 29.8 cm³/mol. The van der Waals surface area contributed by atoms with Gasteiger partial charge in [-0.25, -0.2) is 0 Å². The van der Waals surface area contributed by atoms with Crippen LogP contribution in [-0.2, 0) is 4.79 Å². The van der Waals surface area contributed by atoms with Crippen LogP contribution in [0.4, 0.5) is 0 Å². The molecule has 0 aliphatic heterocycles. The monoisotopic (exact) mass is 90.1 g/mol. The zero-order chi connectivity index (χ0) is 3.41. The summed E-state index contributed by atoms with van der Waals surface area (Å²) in [7, 11) is 0. The topological polar surface area (TPSA) is 17.1 Å². The summed E-state index contributed by atoms with van der Waals surface area (Å²) in [6.07, 6.45) is 1.51. The van der Waals surface area contributed by atoms with Gasteiger partial charge in [0.1, 0.15) is 6.29 Å². The molecular weight excluding hydrogens is 76.1 g/mol. The lowest BCUT2D eigenvalue weighted by molar-refractivity contribution is -0.107. The van der Waals surface area contributed by atoms with Crippen molar-refractivity contribution >= 4 is 6.29 Å². The van der Waals surface area contributed by atoms with Gasteiger partial charge in [0.15, 0.2) is 0 Å². The predicted octanol–water partition coefficient (Wildman–Crippen LogP) is 1.87. The van der Waals surface area contributed by atoms with Crippen LogP contribution in [0.1, 0.15) is 28.2 Å². The van der Waals surface area contributed by atoms with E-state index in [9.17, 15) is 4.79 Å². The van der Waals surface area contributed by atoms with Crippen LogP contribution in [0.15, 0.2) is 0 Å². The molecule has 0 amide bonds. The van der Waals surface area contributed by atoms with Crippen molar-refractivity contribution in [2.45, 2.75) is 28.2 Å². The van der Waals surface area contributed by atoms with Crippen LogP contribution < -0.4 is 0 Å². The molecule has 0 rings (SSSR count). The highest BCUT2D eigenvalue weighted by Crippen LogP contribution is 1.53. The van der Waals surface area contributed by atoms with Crippen molar-refractivity contribution in [1.82, 2.24) is 0 Å². The van der Waals surface area contributed by atoms with Crippen molar-refractivity contribution in [3.05, 3.63) is 0 Å². The summed E-state index contributed by atoms with van der Waals surface area (Å²) in [5, 5.41) is 0. The number of aldehydes is 1. The second kappa shape index (κ2) is 22.6. The van der Waals surface area contributed by atoms with E-state index in [2.05, 4.69) is 0 Å². The Labute approximate surface area is 40.4 Å². The Hall–Kier alpha value is -0.330. The average molecular weight is 90.2 g/mol. The Morgan fingerprint density at radius 1 is 1.50 bits per heavy atom. The molecule has 0 saturated carbocycles. The fraction of sp³-hybridized carbons (Fsp3) is 0.800. The summed E-state index contributed by atoms with van der Waals surface area (Å²) < 4.78 is 0. The molecule has 0 saturated heterocycles. The molecule has 1 heteroatoms. The molecule has 6 heavy (non-hydrogen) atoms. The van der Waals surface area contributed by atoms with Gasteiger partial charge in [-0.1, -0.05) is 21.8 Å². The lowest BCUT2D eigenvalue weighted by atomic mass is 10.6. The molecule has 0 aromatic heterocycles. The van der Waals surface area contributed by atoms with Gasteiger partial charge in [-0.2, -0.15) is 0 Å². The molecule has 0 atom stereocenters. The maximum atomic E-state index is 9.17. The van der Waals surface area contributed by atoms with Gasteiger partial charge in [0.25, 0.3) is 0 Å². The van der Waals surface area contributed by atoms with E-state index < -0.39 is 0 Å². The van der Waals surface area contributed by atoms with Crippen LogP contribution in [0.3, 0.4) is 0 Å². The Morgan fingerprint density at radius 3 is 1.67 bits per heavy atom. The van der Waals surface area contributed by atoms with Gasteiger partial charge in [-0.3, -0.25) is 0 Å². The van der Waals surface area contributed by atoms with Crippen molar-refractivity contribution < 1.29 is 4.79 Å². The minimum atomic E-state index is 0. The van der Waals surface area contributed by atoms with E-state index in [1.807, 2.05) is 6.92 Å². The van der Waals surface area contributed by atoms with Crippen LogP contribution in [-0.4, -0.2) is 6.29 Å². The van der Waals surface area contributed by atoms with Gasteiger partial charge >= 0.3 is 0 Å². The quantitative estimate of drug-likeness (QED) is 0.449. The largest absolute Gasteiger partial charge is 0.303 e. The van der Waals surface area contributed by atoms with Crippen LogP contribution >= 0.6 is 0 Å². The summed E-state index contributed by atoms with van der Waals surface area (Å²) >= 11 is 0. The molecular formula is C5H14O. The zero-order valence-corrected chi connectivity index (χ0v) is 2.69. The molecule has 1 nitrogen and oxygen atoms in total. The van der Waals surface area contributed by atoms with E-state index in [1.54, 1.807) is 0 Å². The van der Waals surface area contributed by atoms with Crippen LogP contribution in [0, 0.1) is 0 Å². The third-order valence-corrected chi connectivity index (χ3v) is 0.167. The molecule has 40 valence electrons. The summed E-state index contributed by atoms with van der Waals surface area (Å²) in [6, 6.07) is 0. The van der Waals surface area contributed by atoms with Crippen molar-refractivity contribution in [2.24, 2.45) is 0 Å². The van der Waals surface area contributed by atoms with Crippen molar-refractivity contribution in [1.29, 1.82) is 0 Å². The minimum Gasteiger partial charge on any atom is -0.303 e. The number of carbonyl (C=O) groups is 1. The van der Waals surface area contributed by atoms with Crippen LogP contribution in [0.5, 0.6) is 0 Å². The van der Waals surface area contributed by atoms with Gasteiger partial charge in [-0.15, -0.1) is 0 Å². The minimum absolute atomic E-state index is 0. The molecule has 0 aliphatic rings. The lowest BCUT2D eigenvalue weighted by Gasteiger charge is -1.51. The Bertz CT molecular complexity index is 17.9. The van der Waals surface area contributed by atoms with Gasteiger partial charge in [0.2, 0.25) is 0 Å². The molecule has 0 heterocycles. The van der Waals surface area contributed by atoms with E-state index in [4.69, 9.17) is 0 Å². The molecule has 0 spiro atoms. The summed E-state index contributed by atoms with van der Waals surface area (Å²) in [5.74, 6) is 0. The molecule has 0 N–H and O–H groups in total. The van der Waals surface area contributed by atoms with Gasteiger partial charge in [0, 0.05) is 6.42 Å². The van der Waals surface area contributed by atoms with E-state index in [1.165, 1.54) is 0 Å². The van der Waals surface area contributed by atoms with Crippen molar-refractivity contribution in [2.75, 3.05) is 0 Å². The van der Waals surface area contributed by atoms with E-state index in [-0.39, 0.29) is 14.9 Å². The molecule has 0 aliphatic carbocycles. The zero-order valence-electron chi connectivity index (χ0n) is 2.69. The molecule has 0 unspecified atom stereocenters. The first-order chi connectivity index (χ1) is 1.91. The second-order valence-electron chi connectivity index (χ2n) is 0.575. The fourth-order valence-electron chi connectivity index (χ4n) is 0. The standard InChI is InChI=1S/C3H6O.2CH4/c1-2-3-4;;/h3H,2H2,1H3;2*1H4. The highest BCUT2D eigenvalue weighted by molar-refractivity contribution is 5.48. The Balaban J connectivity index is -0.0000000450. The number of hydrogen-bond donors (Lipinski definition) is 0. The van der Waals surface area contributed by atoms with E-state index in [0.717, 1.165) is 6.29 Å². The second-order valence-corrected chi connectivity index (χ2v) is 0.575. The van der Waals surface area contributed by atoms with E-state index in [0.29, 0.717) is 6.42 Å². The first kappa shape index (κ1) is 17.3. The lowest BCUT2D eigenvalue weighted by Crippen LogP contribution is -1.55. The number of hydrogen-bond acceptors (Lipinski definition) is 1. The van der Waals surface area contributed by atoms with Crippen LogP contribution in [0.25, 0.3) is 0 Å². The molecule has 0 radical (unpaired) electrons. The van der Waals surface area contributed by atoms with Gasteiger partial charge in [0.05, 0.1) is 0 Å². The molecule has 0 bridgehead atoms. The Morgan fingerprint density at radius 2 is 1.67 bits per heavy atom.